The fourth-order valence-corrected chi connectivity index (χ4v) is 4.28. The van der Waals surface area contributed by atoms with E-state index in [-0.39, 0.29) is 27.2 Å². The molecule has 1 aromatic carbocycles. The van der Waals surface area contributed by atoms with Crippen molar-refractivity contribution in [2.75, 3.05) is 5.73 Å². The summed E-state index contributed by atoms with van der Waals surface area (Å²) in [5, 5.41) is 2.07. The molecule has 2 rings (SSSR count). The highest BCUT2D eigenvalue weighted by molar-refractivity contribution is 7.89. The van der Waals surface area contributed by atoms with Gasteiger partial charge in [-0.15, -0.1) is 11.3 Å². The first kappa shape index (κ1) is 15.6. The number of anilines is 1. The van der Waals surface area contributed by atoms with Crippen molar-refractivity contribution in [3.8, 4) is 0 Å². The molecule has 20 heavy (non-hydrogen) atoms. The monoisotopic (exact) mass is 350 g/mol. The Kier molecular flexibility index (Phi) is 4.61. The Balaban J connectivity index is 2.27. The molecule has 0 bridgehead atoms. The van der Waals surface area contributed by atoms with Crippen LogP contribution in [-0.4, -0.2) is 8.42 Å². The van der Waals surface area contributed by atoms with E-state index in [9.17, 15) is 8.42 Å². The van der Waals surface area contributed by atoms with E-state index < -0.39 is 10.0 Å². The topological polar surface area (TPSA) is 72.2 Å². The van der Waals surface area contributed by atoms with E-state index in [4.69, 9.17) is 28.9 Å². The molecular weight excluding hydrogens is 339 g/mol. The third kappa shape index (κ3) is 3.10. The standard InChI is InChI=1S/C12H12Cl2N2O2S2/c1-7-4-5-19-9(7)6-16-20(17,18)10-3-2-8(13)12(15)11(10)14/h2-5,16H,6,15H2,1H3. The van der Waals surface area contributed by atoms with Gasteiger partial charge in [-0.3, -0.25) is 0 Å². The number of halogens is 2. The third-order valence-corrected chi connectivity index (χ3v) is 6.09. The van der Waals surface area contributed by atoms with Gasteiger partial charge in [0, 0.05) is 11.4 Å². The maximum absolute atomic E-state index is 12.2. The number of nitrogens with one attached hydrogen (secondary N) is 1. The second kappa shape index (κ2) is 5.91. The molecule has 1 aromatic heterocycles. The van der Waals surface area contributed by atoms with E-state index >= 15 is 0 Å². The van der Waals surface area contributed by atoms with Crippen molar-refractivity contribution in [2.45, 2.75) is 18.4 Å². The van der Waals surface area contributed by atoms with E-state index in [1.165, 1.54) is 23.5 Å². The average Bonchev–Trinajstić information content (AvgIpc) is 2.79. The number of hydrogen-bond donors (Lipinski definition) is 2. The van der Waals surface area contributed by atoms with Gasteiger partial charge >= 0.3 is 0 Å². The van der Waals surface area contributed by atoms with Crippen LogP contribution in [-0.2, 0) is 16.6 Å². The number of benzene rings is 1. The Bertz CT molecular complexity index is 742. The van der Waals surface area contributed by atoms with Crippen LogP contribution < -0.4 is 10.5 Å². The highest BCUT2D eigenvalue weighted by Gasteiger charge is 2.20. The second-order valence-corrected chi connectivity index (χ2v) is 7.65. The van der Waals surface area contributed by atoms with Crippen molar-refractivity contribution in [1.82, 2.24) is 4.72 Å². The van der Waals surface area contributed by atoms with Gasteiger partial charge in [0.15, 0.2) is 0 Å². The van der Waals surface area contributed by atoms with E-state index in [1.807, 2.05) is 18.4 Å². The van der Waals surface area contributed by atoms with Crippen LogP contribution in [0, 0.1) is 6.92 Å². The minimum atomic E-state index is -3.74. The minimum Gasteiger partial charge on any atom is -0.396 e. The lowest BCUT2D eigenvalue weighted by molar-refractivity contribution is 0.582. The highest BCUT2D eigenvalue weighted by Crippen LogP contribution is 2.33. The Labute approximate surface area is 131 Å². The van der Waals surface area contributed by atoms with Crippen LogP contribution in [0.5, 0.6) is 0 Å². The van der Waals surface area contributed by atoms with Crippen molar-refractivity contribution in [1.29, 1.82) is 0 Å². The van der Waals surface area contributed by atoms with Gasteiger partial charge < -0.3 is 5.73 Å². The summed E-state index contributed by atoms with van der Waals surface area (Å²) in [4.78, 5) is 0.877. The summed E-state index contributed by atoms with van der Waals surface area (Å²) >= 11 is 13.2. The van der Waals surface area contributed by atoms with Crippen molar-refractivity contribution in [3.05, 3.63) is 44.1 Å². The third-order valence-electron chi connectivity index (χ3n) is 2.77. The predicted molar refractivity (Wildman–Crippen MR) is 84.0 cm³/mol. The number of sulfonamides is 1. The Morgan fingerprint density at radius 3 is 2.60 bits per heavy atom. The minimum absolute atomic E-state index is 0.0588. The predicted octanol–water partition coefficient (Wildman–Crippen LogP) is 3.42. The van der Waals surface area contributed by atoms with Gasteiger partial charge in [-0.1, -0.05) is 23.2 Å². The average molecular weight is 351 g/mol. The number of thiophene rings is 1. The Morgan fingerprint density at radius 2 is 2.00 bits per heavy atom. The zero-order chi connectivity index (χ0) is 14.9. The summed E-state index contributed by atoms with van der Waals surface area (Å²) in [6, 6.07) is 4.68. The van der Waals surface area contributed by atoms with Crippen LogP contribution in [0.2, 0.25) is 10.0 Å². The number of aryl methyl sites for hydroxylation is 1. The van der Waals surface area contributed by atoms with Gasteiger partial charge in [0.05, 0.1) is 15.7 Å². The molecular formula is C12H12Cl2N2O2S2. The van der Waals surface area contributed by atoms with E-state index in [2.05, 4.69) is 4.72 Å². The Hall–Kier alpha value is -0.790. The van der Waals surface area contributed by atoms with Gasteiger partial charge in [0.2, 0.25) is 10.0 Å². The molecule has 4 nitrogen and oxygen atoms in total. The van der Waals surface area contributed by atoms with Gasteiger partial charge in [-0.05, 0) is 36.1 Å². The number of nitrogen functional groups attached to an aromatic ring is 1. The molecule has 8 heteroatoms. The van der Waals surface area contributed by atoms with E-state index in [1.54, 1.807) is 0 Å². The lowest BCUT2D eigenvalue weighted by Crippen LogP contribution is -2.23. The zero-order valence-corrected chi connectivity index (χ0v) is 13.6. The van der Waals surface area contributed by atoms with E-state index in [0.29, 0.717) is 0 Å². The van der Waals surface area contributed by atoms with Crippen molar-refractivity contribution < 1.29 is 8.42 Å². The largest absolute Gasteiger partial charge is 0.396 e. The van der Waals surface area contributed by atoms with Gasteiger partial charge in [0.1, 0.15) is 4.90 Å². The maximum atomic E-state index is 12.2. The SMILES string of the molecule is Cc1ccsc1CNS(=O)(=O)c1ccc(Cl)c(N)c1Cl. The molecule has 0 amide bonds. The molecule has 0 aliphatic rings. The highest BCUT2D eigenvalue weighted by atomic mass is 35.5. The second-order valence-electron chi connectivity index (χ2n) is 4.12. The number of hydrogen-bond acceptors (Lipinski definition) is 4. The number of rotatable bonds is 4. The van der Waals surface area contributed by atoms with Crippen LogP contribution in [0.4, 0.5) is 5.69 Å². The first-order chi connectivity index (χ1) is 9.33. The summed E-state index contributed by atoms with van der Waals surface area (Å²) in [6.45, 7) is 2.14. The summed E-state index contributed by atoms with van der Waals surface area (Å²) in [5.74, 6) is 0. The van der Waals surface area contributed by atoms with E-state index in [0.717, 1.165) is 10.4 Å². The van der Waals surface area contributed by atoms with Crippen LogP contribution in [0.3, 0.4) is 0 Å². The lowest BCUT2D eigenvalue weighted by atomic mass is 10.3. The molecule has 0 unspecified atom stereocenters. The van der Waals surface area contributed by atoms with Crippen molar-refractivity contribution in [3.63, 3.8) is 0 Å². The molecule has 0 saturated carbocycles. The quantitative estimate of drug-likeness (QED) is 0.829. The molecule has 0 spiro atoms. The molecule has 0 atom stereocenters. The van der Waals surface area contributed by atoms with Gasteiger partial charge in [-0.25, -0.2) is 13.1 Å². The van der Waals surface area contributed by atoms with Gasteiger partial charge in [-0.2, -0.15) is 0 Å². The smallest absolute Gasteiger partial charge is 0.242 e. The molecule has 108 valence electrons. The first-order valence-corrected chi connectivity index (χ1v) is 8.71. The lowest BCUT2D eigenvalue weighted by Gasteiger charge is -2.10. The van der Waals surface area contributed by atoms with Crippen LogP contribution in [0.25, 0.3) is 0 Å². The molecule has 0 aliphatic heterocycles. The summed E-state index contributed by atoms with van der Waals surface area (Å²) in [7, 11) is -3.74. The Morgan fingerprint density at radius 1 is 1.30 bits per heavy atom. The van der Waals surface area contributed by atoms with Crippen LogP contribution in [0.15, 0.2) is 28.5 Å². The van der Waals surface area contributed by atoms with Crippen molar-refractivity contribution in [2.24, 2.45) is 0 Å². The summed E-state index contributed by atoms with van der Waals surface area (Å²) < 4.78 is 27.0. The van der Waals surface area contributed by atoms with Gasteiger partial charge in [0.25, 0.3) is 0 Å². The number of nitrogens with two attached hydrogens (primary N) is 1. The molecule has 2 aromatic rings. The fourth-order valence-electron chi connectivity index (χ4n) is 1.58. The van der Waals surface area contributed by atoms with Crippen molar-refractivity contribution >= 4 is 50.2 Å². The van der Waals surface area contributed by atoms with Crippen LogP contribution in [0.1, 0.15) is 10.4 Å². The maximum Gasteiger partial charge on any atom is 0.242 e. The molecule has 1 heterocycles. The molecule has 0 fully saturated rings. The summed E-state index contributed by atoms with van der Waals surface area (Å²) in [6.07, 6.45) is 0. The molecule has 0 aliphatic carbocycles. The molecule has 3 N–H and O–H groups in total. The first-order valence-electron chi connectivity index (χ1n) is 5.59. The zero-order valence-electron chi connectivity index (χ0n) is 10.5. The van der Waals surface area contributed by atoms with Crippen LogP contribution >= 0.6 is 34.5 Å². The normalized spacial score (nSPS) is 11.8. The fraction of sp³-hybridized carbons (Fsp3) is 0.167. The molecule has 0 radical (unpaired) electrons. The molecule has 0 saturated heterocycles. The summed E-state index contributed by atoms with van der Waals surface area (Å²) in [5.41, 5.74) is 6.74.